The highest BCUT2D eigenvalue weighted by Gasteiger charge is 2.42. The van der Waals surface area contributed by atoms with Crippen LogP contribution in [0, 0.1) is 0 Å². The van der Waals surface area contributed by atoms with Crippen molar-refractivity contribution in [2.75, 3.05) is 7.11 Å². The standard InChI is InChI=1S/C28H36O2/c1-8-9-10-22-16-24-25(28(5,6)18-27(24,3)4)17-23(22)19(2)15-20-11-13-21(14-12-20)26(29)30-7/h11-17H,8-10,18H2,1-7H3/b19-15+. The third-order valence-corrected chi connectivity index (χ3v) is 6.52. The van der Waals surface area contributed by atoms with Gasteiger partial charge in [0.25, 0.3) is 0 Å². The average Bonchev–Trinajstić information content (AvgIpc) is 2.88. The van der Waals surface area contributed by atoms with Gasteiger partial charge in [-0.05, 0) is 82.5 Å². The Bertz CT molecular complexity index is 959. The number of methoxy groups -OCH3 is 1. The topological polar surface area (TPSA) is 26.3 Å². The quantitative estimate of drug-likeness (QED) is 0.372. The Labute approximate surface area is 182 Å². The zero-order chi connectivity index (χ0) is 22.1. The molecule has 0 saturated heterocycles. The van der Waals surface area contributed by atoms with Crippen LogP contribution in [0.3, 0.4) is 0 Å². The second-order valence-electron chi connectivity index (χ2n) is 10.0. The van der Waals surface area contributed by atoms with Gasteiger partial charge in [0, 0.05) is 0 Å². The predicted octanol–water partition coefficient (Wildman–Crippen LogP) is 7.34. The van der Waals surface area contributed by atoms with Crippen molar-refractivity contribution in [1.29, 1.82) is 0 Å². The van der Waals surface area contributed by atoms with E-state index >= 15 is 0 Å². The van der Waals surface area contributed by atoms with E-state index in [0.29, 0.717) is 5.56 Å². The molecule has 0 heterocycles. The summed E-state index contributed by atoms with van der Waals surface area (Å²) in [5.74, 6) is -0.299. The van der Waals surface area contributed by atoms with Gasteiger partial charge in [0.1, 0.15) is 0 Å². The van der Waals surface area contributed by atoms with Gasteiger partial charge < -0.3 is 4.74 Å². The summed E-state index contributed by atoms with van der Waals surface area (Å²) in [5.41, 5.74) is 9.22. The molecule has 2 heteroatoms. The molecule has 0 spiro atoms. The number of hydrogen-bond acceptors (Lipinski definition) is 2. The molecule has 2 nitrogen and oxygen atoms in total. The molecule has 1 aliphatic carbocycles. The summed E-state index contributed by atoms with van der Waals surface area (Å²) in [6, 6.07) is 12.6. The zero-order valence-electron chi connectivity index (χ0n) is 19.7. The number of aryl methyl sites for hydroxylation is 1. The van der Waals surface area contributed by atoms with Crippen LogP contribution in [-0.2, 0) is 22.0 Å². The second kappa shape index (κ2) is 8.41. The fourth-order valence-corrected chi connectivity index (χ4v) is 5.16. The minimum Gasteiger partial charge on any atom is -0.465 e. The number of allylic oxidation sites excluding steroid dienone is 1. The molecule has 0 atom stereocenters. The van der Waals surface area contributed by atoms with E-state index in [4.69, 9.17) is 4.74 Å². The van der Waals surface area contributed by atoms with Gasteiger partial charge >= 0.3 is 5.97 Å². The molecule has 0 aromatic heterocycles. The van der Waals surface area contributed by atoms with E-state index in [1.54, 1.807) is 0 Å². The SMILES string of the molecule is CCCCc1cc2c(cc1/C(C)=C/c1ccc(C(=O)OC)cc1)C(C)(C)CC2(C)C. The van der Waals surface area contributed by atoms with Gasteiger partial charge in [-0.3, -0.25) is 0 Å². The van der Waals surface area contributed by atoms with Crippen molar-refractivity contribution >= 4 is 17.6 Å². The molecule has 0 saturated carbocycles. The summed E-state index contributed by atoms with van der Waals surface area (Å²) >= 11 is 0. The first kappa shape index (κ1) is 22.3. The van der Waals surface area contributed by atoms with Crippen LogP contribution in [0.5, 0.6) is 0 Å². The number of carbonyl (C=O) groups is 1. The van der Waals surface area contributed by atoms with Crippen molar-refractivity contribution in [2.24, 2.45) is 0 Å². The highest BCUT2D eigenvalue weighted by atomic mass is 16.5. The van der Waals surface area contributed by atoms with Crippen molar-refractivity contribution in [3.05, 3.63) is 69.8 Å². The van der Waals surface area contributed by atoms with Gasteiger partial charge in [0.2, 0.25) is 0 Å². The lowest BCUT2D eigenvalue weighted by atomic mass is 9.82. The number of esters is 1. The zero-order valence-corrected chi connectivity index (χ0v) is 19.7. The van der Waals surface area contributed by atoms with E-state index in [2.05, 4.69) is 59.8 Å². The Balaban J connectivity index is 2.05. The molecule has 2 aromatic carbocycles. The third kappa shape index (κ3) is 4.38. The van der Waals surface area contributed by atoms with Gasteiger partial charge in [-0.25, -0.2) is 4.79 Å². The summed E-state index contributed by atoms with van der Waals surface area (Å²) in [6.07, 6.45) is 6.93. The Kier molecular flexibility index (Phi) is 6.26. The summed E-state index contributed by atoms with van der Waals surface area (Å²) in [5, 5.41) is 0. The van der Waals surface area contributed by atoms with Crippen molar-refractivity contribution in [3.63, 3.8) is 0 Å². The molecule has 30 heavy (non-hydrogen) atoms. The summed E-state index contributed by atoms with van der Waals surface area (Å²) in [6.45, 7) is 14.0. The number of fused-ring (bicyclic) bond motifs is 1. The molecule has 0 amide bonds. The molecule has 0 bridgehead atoms. The number of carbonyl (C=O) groups excluding carboxylic acids is 1. The van der Waals surface area contributed by atoms with Crippen LogP contribution in [0.2, 0.25) is 0 Å². The first-order valence-electron chi connectivity index (χ1n) is 11.1. The number of rotatable bonds is 6. The molecule has 0 fully saturated rings. The van der Waals surface area contributed by atoms with Crippen LogP contribution in [-0.4, -0.2) is 13.1 Å². The molecular formula is C28H36O2. The van der Waals surface area contributed by atoms with Crippen molar-refractivity contribution in [1.82, 2.24) is 0 Å². The molecule has 0 aliphatic heterocycles. The smallest absolute Gasteiger partial charge is 0.337 e. The van der Waals surface area contributed by atoms with Gasteiger partial charge in [-0.1, -0.05) is 71.4 Å². The van der Waals surface area contributed by atoms with E-state index in [1.165, 1.54) is 54.2 Å². The number of ether oxygens (including phenoxy) is 1. The molecule has 0 radical (unpaired) electrons. The maximum atomic E-state index is 11.7. The molecular weight excluding hydrogens is 368 g/mol. The van der Waals surface area contributed by atoms with Gasteiger partial charge in [0.15, 0.2) is 0 Å². The van der Waals surface area contributed by atoms with E-state index in [0.717, 1.165) is 12.0 Å². The van der Waals surface area contributed by atoms with Crippen molar-refractivity contribution < 1.29 is 9.53 Å². The van der Waals surface area contributed by atoms with Crippen molar-refractivity contribution in [2.45, 2.75) is 78.1 Å². The Morgan fingerprint density at radius 3 is 2.20 bits per heavy atom. The lowest BCUT2D eigenvalue weighted by molar-refractivity contribution is 0.0600. The van der Waals surface area contributed by atoms with E-state index in [-0.39, 0.29) is 16.8 Å². The minimum atomic E-state index is -0.299. The molecule has 0 N–H and O–H groups in total. The van der Waals surface area contributed by atoms with Crippen molar-refractivity contribution in [3.8, 4) is 0 Å². The summed E-state index contributed by atoms with van der Waals surface area (Å²) in [4.78, 5) is 11.7. The second-order valence-corrected chi connectivity index (χ2v) is 10.0. The van der Waals surface area contributed by atoms with Gasteiger partial charge in [0.05, 0.1) is 12.7 Å². The van der Waals surface area contributed by atoms with E-state index in [9.17, 15) is 4.79 Å². The normalized spacial score (nSPS) is 17.0. The van der Waals surface area contributed by atoms with Crippen LogP contribution >= 0.6 is 0 Å². The maximum absolute atomic E-state index is 11.7. The van der Waals surface area contributed by atoms with Crippen LogP contribution < -0.4 is 0 Å². The number of benzene rings is 2. The molecule has 1 aliphatic rings. The fourth-order valence-electron chi connectivity index (χ4n) is 5.16. The number of unbranched alkanes of at least 4 members (excludes halogenated alkanes) is 1. The fraction of sp³-hybridized carbons (Fsp3) is 0.464. The van der Waals surface area contributed by atoms with Crippen LogP contribution in [0.25, 0.3) is 11.6 Å². The molecule has 2 aromatic rings. The van der Waals surface area contributed by atoms with E-state index in [1.807, 2.05) is 24.3 Å². The first-order valence-corrected chi connectivity index (χ1v) is 11.1. The lowest BCUT2D eigenvalue weighted by Gasteiger charge is -2.22. The average molecular weight is 405 g/mol. The maximum Gasteiger partial charge on any atom is 0.337 e. The predicted molar refractivity (Wildman–Crippen MR) is 127 cm³/mol. The van der Waals surface area contributed by atoms with Gasteiger partial charge in [-0.15, -0.1) is 0 Å². The highest BCUT2D eigenvalue weighted by molar-refractivity contribution is 5.90. The van der Waals surface area contributed by atoms with E-state index < -0.39 is 0 Å². The third-order valence-electron chi connectivity index (χ3n) is 6.52. The van der Waals surface area contributed by atoms with Crippen LogP contribution in [0.1, 0.15) is 99.0 Å². The lowest BCUT2D eigenvalue weighted by Crippen LogP contribution is -2.18. The molecule has 3 rings (SSSR count). The Morgan fingerprint density at radius 1 is 1.03 bits per heavy atom. The largest absolute Gasteiger partial charge is 0.465 e. The monoisotopic (exact) mass is 404 g/mol. The Hall–Kier alpha value is -2.35. The summed E-state index contributed by atoms with van der Waals surface area (Å²) in [7, 11) is 1.41. The molecule has 0 unspecified atom stereocenters. The van der Waals surface area contributed by atoms with Crippen LogP contribution in [0.15, 0.2) is 36.4 Å². The molecule has 160 valence electrons. The Morgan fingerprint density at radius 2 is 1.63 bits per heavy atom. The minimum absolute atomic E-state index is 0.194. The summed E-state index contributed by atoms with van der Waals surface area (Å²) < 4.78 is 4.80. The van der Waals surface area contributed by atoms with Crippen LogP contribution in [0.4, 0.5) is 0 Å². The number of hydrogen-bond donors (Lipinski definition) is 0. The first-order chi connectivity index (χ1) is 14.1. The highest BCUT2D eigenvalue weighted by Crippen LogP contribution is 2.50. The van der Waals surface area contributed by atoms with Gasteiger partial charge in [-0.2, -0.15) is 0 Å².